The Morgan fingerprint density at radius 3 is 2.67 bits per heavy atom. The minimum Gasteiger partial charge on any atom is -0.369 e. The lowest BCUT2D eigenvalue weighted by Gasteiger charge is -2.47. The van der Waals surface area contributed by atoms with E-state index in [1.54, 1.807) is 5.57 Å². The van der Waals surface area contributed by atoms with E-state index >= 15 is 0 Å². The van der Waals surface area contributed by atoms with Crippen molar-refractivity contribution in [1.82, 2.24) is 0 Å². The molecule has 0 spiro atoms. The first-order chi connectivity index (χ1) is 13.4. The van der Waals surface area contributed by atoms with Crippen LogP contribution in [0.4, 0.5) is 0 Å². The summed E-state index contributed by atoms with van der Waals surface area (Å²) in [5, 5.41) is 0. The molecule has 3 aliphatic rings. The lowest BCUT2D eigenvalue weighted by Crippen LogP contribution is -2.42. The van der Waals surface area contributed by atoms with E-state index in [4.69, 9.17) is 4.74 Å². The van der Waals surface area contributed by atoms with Gasteiger partial charge in [-0.3, -0.25) is 0 Å². The van der Waals surface area contributed by atoms with Gasteiger partial charge in [-0.2, -0.15) is 0 Å². The van der Waals surface area contributed by atoms with Gasteiger partial charge in [-0.25, -0.2) is 4.57 Å². The fourth-order valence-electron chi connectivity index (χ4n) is 5.52. The number of benzene rings is 1. The third-order valence-electron chi connectivity index (χ3n) is 6.76. The van der Waals surface area contributed by atoms with Crippen LogP contribution in [0.15, 0.2) is 66.5 Å². The number of hydrogen-bond donors (Lipinski definition) is 0. The lowest BCUT2D eigenvalue weighted by molar-refractivity contribution is -0.689. The fraction of sp³-hybridized carbons (Fsp3) is 0.480. The quantitative estimate of drug-likeness (QED) is 0.529. The lowest BCUT2D eigenvalue weighted by atomic mass is 9.68. The molecule has 1 aromatic carbocycles. The summed E-state index contributed by atoms with van der Waals surface area (Å²) in [7, 11) is 0. The summed E-state index contributed by atoms with van der Waals surface area (Å²) in [5.74, 6) is 1.28. The molecule has 2 nitrogen and oxygen atoms in total. The molecule has 0 bridgehead atoms. The number of ether oxygens (including phenoxy) is 1. The van der Waals surface area contributed by atoms with Crippen molar-refractivity contribution >= 4 is 0 Å². The molecular formula is C25H30NO+. The predicted molar refractivity (Wildman–Crippen MR) is 107 cm³/mol. The highest BCUT2D eigenvalue weighted by molar-refractivity contribution is 5.25. The molecule has 27 heavy (non-hydrogen) atoms. The van der Waals surface area contributed by atoms with E-state index in [0.29, 0.717) is 17.9 Å². The van der Waals surface area contributed by atoms with Crippen molar-refractivity contribution in [2.24, 2.45) is 11.8 Å². The van der Waals surface area contributed by atoms with Gasteiger partial charge in [-0.1, -0.05) is 54.8 Å². The van der Waals surface area contributed by atoms with Crippen molar-refractivity contribution in [3.63, 3.8) is 0 Å². The number of allylic oxidation sites excluding steroid dienone is 1. The number of pyridine rings is 1. The van der Waals surface area contributed by atoms with Gasteiger partial charge in [-0.05, 0) is 38.2 Å². The van der Waals surface area contributed by atoms with Gasteiger partial charge in [0.1, 0.15) is 0 Å². The standard InChI is InChI=1S/C25H30NO/c1-2-9-19(10-3-1)17-26-16-8-11-20(18-26)25-23-14-5-4-12-21(23)22-13-6-7-15-24(22)27-25/h1-3,8-12,16,18,22-25H,4-7,13-15,17H2/q+1/t22-,23-,24+,25-/m1/s1. The summed E-state index contributed by atoms with van der Waals surface area (Å²) in [6, 6.07) is 15.2. The van der Waals surface area contributed by atoms with Crippen molar-refractivity contribution in [3.05, 3.63) is 77.6 Å². The number of fused-ring (bicyclic) bond motifs is 3. The van der Waals surface area contributed by atoms with Crippen molar-refractivity contribution in [3.8, 4) is 0 Å². The van der Waals surface area contributed by atoms with E-state index in [1.165, 1.54) is 56.1 Å². The minimum absolute atomic E-state index is 0.235. The summed E-state index contributed by atoms with van der Waals surface area (Å²) in [6.45, 7) is 0.917. The molecule has 0 unspecified atom stereocenters. The highest BCUT2D eigenvalue weighted by atomic mass is 16.5. The molecule has 1 aromatic heterocycles. The van der Waals surface area contributed by atoms with Crippen LogP contribution in [0.25, 0.3) is 0 Å². The largest absolute Gasteiger partial charge is 0.369 e. The number of hydrogen-bond acceptors (Lipinski definition) is 1. The van der Waals surface area contributed by atoms with Crippen LogP contribution in [0.3, 0.4) is 0 Å². The van der Waals surface area contributed by atoms with E-state index in [9.17, 15) is 0 Å². The average molecular weight is 361 g/mol. The molecule has 2 heterocycles. The third kappa shape index (κ3) is 3.48. The van der Waals surface area contributed by atoms with Crippen LogP contribution in [0.5, 0.6) is 0 Å². The van der Waals surface area contributed by atoms with E-state index in [-0.39, 0.29) is 6.10 Å². The van der Waals surface area contributed by atoms with E-state index in [0.717, 1.165) is 6.54 Å². The van der Waals surface area contributed by atoms with Gasteiger partial charge in [0, 0.05) is 29.0 Å². The van der Waals surface area contributed by atoms with Gasteiger partial charge < -0.3 is 4.74 Å². The van der Waals surface area contributed by atoms with Gasteiger partial charge in [-0.15, -0.1) is 0 Å². The Kier molecular flexibility index (Phi) is 4.83. The van der Waals surface area contributed by atoms with Crippen LogP contribution >= 0.6 is 0 Å². The van der Waals surface area contributed by atoms with E-state index in [2.05, 4.69) is 65.5 Å². The van der Waals surface area contributed by atoms with E-state index < -0.39 is 0 Å². The van der Waals surface area contributed by atoms with Gasteiger partial charge in [0.05, 0.1) is 12.2 Å². The molecule has 2 aromatic rings. The topological polar surface area (TPSA) is 13.1 Å². The summed E-state index contributed by atoms with van der Waals surface area (Å²) < 4.78 is 9.11. The molecule has 1 saturated carbocycles. The number of nitrogens with zero attached hydrogens (tertiary/aromatic N) is 1. The SMILES string of the molecule is C1=C2[C@H]3CCCC[C@@H]3O[C@H](c3ccc[n+](Cc4ccccc4)c3)[C@@H]2CCC1. The monoisotopic (exact) mass is 360 g/mol. The van der Waals surface area contributed by atoms with Crippen LogP contribution in [0.2, 0.25) is 0 Å². The van der Waals surface area contributed by atoms with Crippen LogP contribution in [-0.2, 0) is 11.3 Å². The number of aromatic nitrogens is 1. The molecular weight excluding hydrogens is 330 g/mol. The van der Waals surface area contributed by atoms with Gasteiger partial charge in [0.2, 0.25) is 0 Å². The van der Waals surface area contributed by atoms with Crippen molar-refractivity contribution in [1.29, 1.82) is 0 Å². The third-order valence-corrected chi connectivity index (χ3v) is 6.76. The van der Waals surface area contributed by atoms with Crippen LogP contribution < -0.4 is 4.57 Å². The second kappa shape index (κ2) is 7.59. The van der Waals surface area contributed by atoms with Gasteiger partial charge in [0.25, 0.3) is 0 Å². The molecule has 2 heteroatoms. The summed E-state index contributed by atoms with van der Waals surface area (Å²) in [6.07, 6.45) is 16.9. The smallest absolute Gasteiger partial charge is 0.174 e. The predicted octanol–water partition coefficient (Wildman–Crippen LogP) is 5.38. The van der Waals surface area contributed by atoms with Crippen molar-refractivity contribution < 1.29 is 9.30 Å². The highest BCUT2D eigenvalue weighted by Crippen LogP contribution is 2.50. The molecule has 0 radical (unpaired) electrons. The molecule has 140 valence electrons. The van der Waals surface area contributed by atoms with Gasteiger partial charge in [0.15, 0.2) is 18.9 Å². The van der Waals surface area contributed by atoms with Gasteiger partial charge >= 0.3 is 0 Å². The van der Waals surface area contributed by atoms with Crippen LogP contribution in [0, 0.1) is 11.8 Å². The normalized spacial score (nSPS) is 30.1. The molecule has 4 atom stereocenters. The molecule has 1 saturated heterocycles. The first-order valence-corrected chi connectivity index (χ1v) is 10.8. The zero-order valence-corrected chi connectivity index (χ0v) is 16.1. The van der Waals surface area contributed by atoms with Crippen molar-refractivity contribution in [2.45, 2.75) is 63.7 Å². The Morgan fingerprint density at radius 1 is 0.889 bits per heavy atom. The Hall–Kier alpha value is -1.93. The van der Waals surface area contributed by atoms with Crippen molar-refractivity contribution in [2.75, 3.05) is 0 Å². The van der Waals surface area contributed by atoms with Crippen LogP contribution in [0.1, 0.15) is 62.2 Å². The summed E-state index contributed by atoms with van der Waals surface area (Å²) in [5.41, 5.74) is 4.44. The first-order valence-electron chi connectivity index (χ1n) is 10.8. The maximum Gasteiger partial charge on any atom is 0.174 e. The molecule has 2 aliphatic carbocycles. The minimum atomic E-state index is 0.235. The Morgan fingerprint density at radius 2 is 1.74 bits per heavy atom. The highest BCUT2D eigenvalue weighted by Gasteiger charge is 2.44. The second-order valence-electron chi connectivity index (χ2n) is 8.52. The zero-order chi connectivity index (χ0) is 18.1. The molecule has 1 aliphatic heterocycles. The molecule has 5 rings (SSSR count). The first kappa shape index (κ1) is 17.2. The summed E-state index contributed by atoms with van der Waals surface area (Å²) >= 11 is 0. The maximum absolute atomic E-state index is 6.80. The Bertz CT molecular complexity index is 812. The zero-order valence-electron chi connectivity index (χ0n) is 16.1. The summed E-state index contributed by atoms with van der Waals surface area (Å²) in [4.78, 5) is 0. The fourth-order valence-corrected chi connectivity index (χ4v) is 5.52. The Labute approximate surface area is 162 Å². The maximum atomic E-state index is 6.80. The average Bonchev–Trinajstić information content (AvgIpc) is 2.74. The molecule has 0 N–H and O–H groups in total. The molecule has 0 amide bonds. The molecule has 2 fully saturated rings. The van der Waals surface area contributed by atoms with Crippen LogP contribution in [-0.4, -0.2) is 6.10 Å². The van der Waals surface area contributed by atoms with E-state index in [1.807, 2.05) is 0 Å². The second-order valence-corrected chi connectivity index (χ2v) is 8.52. The number of rotatable bonds is 3. The Balaban J connectivity index is 1.44.